The number of nitrogens with zero attached hydrogens (tertiary/aromatic N) is 1. The highest BCUT2D eigenvalue weighted by Crippen LogP contribution is 2.56. The van der Waals surface area contributed by atoms with Gasteiger partial charge in [-0.15, -0.1) is 0 Å². The number of rotatable bonds is 1. The maximum absolute atomic E-state index is 11.2. The van der Waals surface area contributed by atoms with Crippen LogP contribution in [-0.4, -0.2) is 48.4 Å². The molecule has 5 heterocycles. The number of fused-ring (bicyclic) bond motifs is 4. The number of esters is 1. The van der Waals surface area contributed by atoms with Crippen LogP contribution in [0.15, 0.2) is 11.8 Å². The summed E-state index contributed by atoms with van der Waals surface area (Å²) >= 11 is 0. The van der Waals surface area contributed by atoms with E-state index in [4.69, 9.17) is 9.47 Å². The molecule has 1 N–H and O–H groups in total. The van der Waals surface area contributed by atoms with Crippen LogP contribution in [0.3, 0.4) is 0 Å². The lowest BCUT2D eigenvalue weighted by Gasteiger charge is -2.44. The van der Waals surface area contributed by atoms with E-state index in [9.17, 15) is 4.79 Å². The molecule has 4 fully saturated rings. The summed E-state index contributed by atoms with van der Waals surface area (Å²) in [6.45, 7) is 1.42. The Kier molecular flexibility index (Phi) is 2.18. The largest absolute Gasteiger partial charge is 0.456 e. The van der Waals surface area contributed by atoms with E-state index in [2.05, 4.69) is 10.2 Å². The fourth-order valence-corrected chi connectivity index (χ4v) is 4.96. The molecule has 5 rings (SSSR count). The van der Waals surface area contributed by atoms with Gasteiger partial charge in [0.1, 0.15) is 12.7 Å². The van der Waals surface area contributed by atoms with Crippen molar-refractivity contribution < 1.29 is 14.3 Å². The molecule has 2 bridgehead atoms. The number of nitrogens with one attached hydrogen (secondary N) is 1. The topological polar surface area (TPSA) is 54.1 Å². The van der Waals surface area contributed by atoms with Gasteiger partial charge < -0.3 is 19.7 Å². The quantitative estimate of drug-likeness (QED) is 0.566. The highest BCUT2D eigenvalue weighted by atomic mass is 16.6. The predicted octanol–water partition coefficient (Wildman–Crippen LogP) is 0.758. The van der Waals surface area contributed by atoms with Crippen molar-refractivity contribution in [2.24, 2.45) is 5.41 Å². The fraction of sp³-hybridized carbons (Fsp3) is 0.800. The number of hydrogen-bond acceptors (Lipinski definition) is 5. The third-order valence-electron chi connectivity index (χ3n) is 5.89. The van der Waals surface area contributed by atoms with Gasteiger partial charge in [0.25, 0.3) is 0 Å². The third kappa shape index (κ3) is 1.53. The van der Waals surface area contributed by atoms with Crippen LogP contribution in [0.25, 0.3) is 0 Å². The van der Waals surface area contributed by atoms with E-state index in [1.165, 1.54) is 32.1 Å². The molecule has 0 aromatic carbocycles. The number of ether oxygens (including phenoxy) is 2. The molecule has 5 aliphatic heterocycles. The van der Waals surface area contributed by atoms with Crippen LogP contribution in [0.1, 0.15) is 32.1 Å². The Balaban J connectivity index is 1.36. The van der Waals surface area contributed by atoms with Crippen molar-refractivity contribution in [3.8, 4) is 0 Å². The van der Waals surface area contributed by atoms with E-state index in [1.54, 1.807) is 6.08 Å². The van der Waals surface area contributed by atoms with Gasteiger partial charge in [-0.05, 0) is 32.1 Å². The first kappa shape index (κ1) is 11.6. The second-order valence-corrected chi connectivity index (χ2v) is 7.04. The highest BCUT2D eigenvalue weighted by Gasteiger charge is 2.63. The molecule has 5 nitrogen and oxygen atoms in total. The Hall–Kier alpha value is -1.07. The number of hydrogen-bond donors (Lipinski definition) is 1. The van der Waals surface area contributed by atoms with E-state index < -0.39 is 0 Å². The SMILES string of the molecule is O=C1C=C(N2CCC3(CC4CCC(C3)N4)C3OC32)CO1. The molecule has 5 heteroatoms. The standard InChI is InChI=1S/C15H20N2O3/c18-12-5-11(8-19-12)17-4-3-15(13-14(17)20-13)6-9-1-2-10(7-15)16-9/h5,9-10,13-14,16H,1-4,6-8H2. The van der Waals surface area contributed by atoms with Crippen LogP contribution in [0.5, 0.6) is 0 Å². The van der Waals surface area contributed by atoms with E-state index in [-0.39, 0.29) is 12.2 Å². The second kappa shape index (κ2) is 3.77. The molecule has 20 heavy (non-hydrogen) atoms. The Morgan fingerprint density at radius 1 is 1.30 bits per heavy atom. The number of epoxide rings is 1. The minimum absolute atomic E-state index is 0.196. The average molecular weight is 276 g/mol. The van der Waals surface area contributed by atoms with E-state index >= 15 is 0 Å². The fourth-order valence-electron chi connectivity index (χ4n) is 4.96. The van der Waals surface area contributed by atoms with Gasteiger partial charge in [-0.1, -0.05) is 0 Å². The summed E-state index contributed by atoms with van der Waals surface area (Å²) < 4.78 is 11.1. The molecule has 4 atom stereocenters. The Morgan fingerprint density at radius 2 is 2.10 bits per heavy atom. The lowest BCUT2D eigenvalue weighted by atomic mass is 9.69. The molecule has 0 aromatic heterocycles. The molecular weight excluding hydrogens is 256 g/mol. The van der Waals surface area contributed by atoms with Gasteiger partial charge in [-0.3, -0.25) is 0 Å². The van der Waals surface area contributed by atoms with Crippen molar-refractivity contribution in [1.82, 2.24) is 10.2 Å². The van der Waals surface area contributed by atoms with Crippen molar-refractivity contribution >= 4 is 5.97 Å². The van der Waals surface area contributed by atoms with Gasteiger partial charge in [0.05, 0.1) is 5.70 Å². The molecule has 0 aliphatic carbocycles. The van der Waals surface area contributed by atoms with Crippen molar-refractivity contribution in [1.29, 1.82) is 0 Å². The van der Waals surface area contributed by atoms with Gasteiger partial charge in [0, 0.05) is 30.1 Å². The van der Waals surface area contributed by atoms with Gasteiger partial charge in [0.2, 0.25) is 0 Å². The van der Waals surface area contributed by atoms with Gasteiger partial charge >= 0.3 is 5.97 Å². The zero-order chi connectivity index (χ0) is 13.3. The van der Waals surface area contributed by atoms with E-state index in [1.807, 2.05) is 0 Å². The normalized spacial score (nSPS) is 49.1. The maximum atomic E-state index is 11.2. The van der Waals surface area contributed by atoms with Crippen molar-refractivity contribution in [2.45, 2.75) is 56.5 Å². The Bertz CT molecular complexity index is 491. The molecule has 0 radical (unpaired) electrons. The number of cyclic esters (lactones) is 1. The minimum atomic E-state index is -0.211. The highest BCUT2D eigenvalue weighted by molar-refractivity contribution is 5.85. The first-order valence-corrected chi connectivity index (χ1v) is 7.79. The lowest BCUT2D eigenvalue weighted by molar-refractivity contribution is -0.135. The summed E-state index contributed by atoms with van der Waals surface area (Å²) in [4.78, 5) is 13.5. The van der Waals surface area contributed by atoms with Crippen LogP contribution in [0.4, 0.5) is 0 Å². The molecule has 0 saturated carbocycles. The minimum Gasteiger partial charge on any atom is -0.456 e. The summed E-state index contributed by atoms with van der Waals surface area (Å²) in [6, 6.07) is 1.42. The van der Waals surface area contributed by atoms with E-state index in [0.29, 0.717) is 30.2 Å². The molecule has 4 saturated heterocycles. The number of likely N-dealkylation sites (tertiary alicyclic amines) is 1. The summed E-state index contributed by atoms with van der Waals surface area (Å²) in [5.74, 6) is -0.211. The van der Waals surface area contributed by atoms with Crippen molar-refractivity contribution in [3.05, 3.63) is 11.8 Å². The monoisotopic (exact) mass is 276 g/mol. The number of carbonyl (C=O) groups excluding carboxylic acids is 1. The number of carbonyl (C=O) groups is 1. The Labute approximate surface area is 118 Å². The first-order valence-electron chi connectivity index (χ1n) is 7.79. The third-order valence-corrected chi connectivity index (χ3v) is 5.89. The molecule has 0 aromatic rings. The molecule has 0 amide bonds. The second-order valence-electron chi connectivity index (χ2n) is 7.04. The van der Waals surface area contributed by atoms with Crippen LogP contribution in [0.2, 0.25) is 0 Å². The van der Waals surface area contributed by atoms with Crippen molar-refractivity contribution in [3.63, 3.8) is 0 Å². The maximum Gasteiger partial charge on any atom is 0.333 e. The van der Waals surface area contributed by atoms with Gasteiger partial charge in [0.15, 0.2) is 6.23 Å². The Morgan fingerprint density at radius 3 is 2.80 bits per heavy atom. The van der Waals surface area contributed by atoms with Crippen LogP contribution >= 0.6 is 0 Å². The van der Waals surface area contributed by atoms with Crippen LogP contribution < -0.4 is 5.32 Å². The predicted molar refractivity (Wildman–Crippen MR) is 70.6 cm³/mol. The van der Waals surface area contributed by atoms with E-state index in [0.717, 1.165) is 12.2 Å². The zero-order valence-electron chi connectivity index (χ0n) is 11.5. The summed E-state index contributed by atoms with van der Waals surface area (Å²) in [6.07, 6.45) is 8.60. The first-order chi connectivity index (χ1) is 9.73. The zero-order valence-corrected chi connectivity index (χ0v) is 11.5. The van der Waals surface area contributed by atoms with Crippen LogP contribution in [-0.2, 0) is 14.3 Å². The molecular formula is C15H20N2O3. The molecule has 108 valence electrons. The summed E-state index contributed by atoms with van der Waals surface area (Å²) in [5.41, 5.74) is 1.40. The smallest absolute Gasteiger partial charge is 0.333 e. The van der Waals surface area contributed by atoms with Gasteiger partial charge in [-0.2, -0.15) is 0 Å². The van der Waals surface area contributed by atoms with Gasteiger partial charge in [-0.25, -0.2) is 4.79 Å². The molecule has 5 aliphatic rings. The average Bonchev–Trinajstić information content (AvgIpc) is 3.04. The van der Waals surface area contributed by atoms with Crippen molar-refractivity contribution in [2.75, 3.05) is 13.2 Å². The molecule has 1 spiro atoms. The lowest BCUT2D eigenvalue weighted by Crippen LogP contribution is -2.52. The molecule has 4 unspecified atom stereocenters. The number of piperidine rings is 2. The summed E-state index contributed by atoms with van der Waals surface area (Å²) in [7, 11) is 0. The summed E-state index contributed by atoms with van der Waals surface area (Å²) in [5, 5.41) is 3.73. The van der Waals surface area contributed by atoms with Crippen LogP contribution in [0, 0.1) is 5.41 Å².